The van der Waals surface area contributed by atoms with Gasteiger partial charge in [-0.25, -0.2) is 0 Å². The van der Waals surface area contributed by atoms with Gasteiger partial charge in [0.2, 0.25) is 0 Å². The van der Waals surface area contributed by atoms with Crippen LogP contribution in [0.4, 0.5) is 0 Å². The van der Waals surface area contributed by atoms with E-state index in [0.717, 1.165) is 0 Å². The molecule has 0 aliphatic carbocycles. The Morgan fingerprint density at radius 3 is 2.27 bits per heavy atom. The first-order chi connectivity index (χ1) is 7.06. The normalized spacial score (nSPS) is 9.87. The zero-order chi connectivity index (χ0) is 11.8. The summed E-state index contributed by atoms with van der Waals surface area (Å²) in [6.07, 6.45) is 1.45. The molecule has 0 aliphatic heterocycles. The monoisotopic (exact) mass is 225 g/mol. The first kappa shape index (κ1) is 13.4. The van der Waals surface area contributed by atoms with Crippen LogP contribution in [0.15, 0.2) is 22.6 Å². The first-order valence-electron chi connectivity index (χ1n) is 4.28. The highest BCUT2D eigenvalue weighted by Gasteiger charge is 2.06. The van der Waals surface area contributed by atoms with E-state index in [1.165, 1.54) is 6.08 Å². The van der Waals surface area contributed by atoms with Gasteiger partial charge < -0.3 is 9.64 Å². The molecule has 0 fully saturated rings. The molecular formula is C10H12ClN3O. The van der Waals surface area contributed by atoms with Crippen molar-refractivity contribution >= 4 is 11.6 Å². The van der Waals surface area contributed by atoms with Gasteiger partial charge in [0.1, 0.15) is 17.3 Å². The third-order valence-electron chi connectivity index (χ3n) is 1.45. The molecule has 0 bridgehead atoms. The van der Waals surface area contributed by atoms with Gasteiger partial charge in [0.15, 0.2) is 11.3 Å². The second kappa shape index (κ2) is 6.75. The highest BCUT2D eigenvalue weighted by molar-refractivity contribution is 6.29. The molecule has 0 atom stereocenters. The van der Waals surface area contributed by atoms with Crippen molar-refractivity contribution in [1.29, 1.82) is 10.5 Å². The fourth-order valence-electron chi connectivity index (χ4n) is 0.714. The smallest absolute Gasteiger partial charge is 0.171 e. The van der Waals surface area contributed by atoms with E-state index < -0.39 is 0 Å². The lowest BCUT2D eigenvalue weighted by Crippen LogP contribution is -2.07. The Morgan fingerprint density at radius 1 is 1.40 bits per heavy atom. The van der Waals surface area contributed by atoms with Gasteiger partial charge in [-0.2, -0.15) is 10.5 Å². The molecule has 0 aromatic rings. The fourth-order valence-corrected chi connectivity index (χ4v) is 0.813. The summed E-state index contributed by atoms with van der Waals surface area (Å²) < 4.78 is 5.15. The molecule has 0 heterocycles. The van der Waals surface area contributed by atoms with Crippen molar-refractivity contribution in [1.82, 2.24) is 4.90 Å². The van der Waals surface area contributed by atoms with Crippen LogP contribution >= 0.6 is 11.6 Å². The summed E-state index contributed by atoms with van der Waals surface area (Å²) in [6.45, 7) is 2.14. The molecule has 5 heteroatoms. The van der Waals surface area contributed by atoms with E-state index >= 15 is 0 Å². The molecule has 15 heavy (non-hydrogen) atoms. The summed E-state index contributed by atoms with van der Waals surface area (Å²) in [7, 11) is 3.50. The molecule has 0 N–H and O–H groups in total. The molecule has 0 radical (unpaired) electrons. The van der Waals surface area contributed by atoms with Crippen molar-refractivity contribution in [3.8, 4) is 12.1 Å². The van der Waals surface area contributed by atoms with E-state index in [4.69, 9.17) is 26.9 Å². The van der Waals surface area contributed by atoms with Crippen LogP contribution in [0.5, 0.6) is 0 Å². The van der Waals surface area contributed by atoms with Crippen molar-refractivity contribution in [3.63, 3.8) is 0 Å². The largest absolute Gasteiger partial charge is 0.492 e. The second-order valence-electron chi connectivity index (χ2n) is 2.76. The van der Waals surface area contributed by atoms with Crippen LogP contribution in [0.1, 0.15) is 6.92 Å². The highest BCUT2D eigenvalue weighted by Crippen LogP contribution is 2.13. The van der Waals surface area contributed by atoms with E-state index in [9.17, 15) is 0 Å². The van der Waals surface area contributed by atoms with Crippen LogP contribution in [0.25, 0.3) is 0 Å². The van der Waals surface area contributed by atoms with E-state index in [0.29, 0.717) is 11.8 Å². The molecule has 0 unspecified atom stereocenters. The van der Waals surface area contributed by atoms with Crippen LogP contribution < -0.4 is 0 Å². The van der Waals surface area contributed by atoms with E-state index in [1.807, 2.05) is 0 Å². The average molecular weight is 226 g/mol. The SMILES string of the molecule is CCOC(/C=C(\Cl)N(C)C)=C(C#N)C#N. The number of rotatable bonds is 4. The lowest BCUT2D eigenvalue weighted by molar-refractivity contribution is 0.240. The Kier molecular flexibility index (Phi) is 6.01. The predicted molar refractivity (Wildman–Crippen MR) is 57.5 cm³/mol. The van der Waals surface area contributed by atoms with Crippen LogP contribution in [-0.2, 0) is 4.74 Å². The predicted octanol–water partition coefficient (Wildman–Crippen LogP) is 1.97. The molecule has 0 spiro atoms. The molecule has 0 rings (SSSR count). The minimum absolute atomic E-state index is 0.0862. The van der Waals surface area contributed by atoms with Gasteiger partial charge in [-0.05, 0) is 6.92 Å². The molecule has 0 amide bonds. The number of ether oxygens (including phenoxy) is 1. The number of nitriles is 2. The molecule has 4 nitrogen and oxygen atoms in total. The van der Waals surface area contributed by atoms with Gasteiger partial charge >= 0.3 is 0 Å². The van der Waals surface area contributed by atoms with Crippen molar-refractivity contribution in [3.05, 3.63) is 22.6 Å². The Morgan fingerprint density at radius 2 is 1.93 bits per heavy atom. The second-order valence-corrected chi connectivity index (χ2v) is 3.14. The van der Waals surface area contributed by atoms with Crippen molar-refractivity contribution in [2.75, 3.05) is 20.7 Å². The number of halogens is 1. The molecule has 0 aromatic heterocycles. The number of allylic oxidation sites excluding steroid dienone is 2. The molecule has 0 aliphatic rings. The quantitative estimate of drug-likeness (QED) is 0.318. The molecular weight excluding hydrogens is 214 g/mol. The standard InChI is InChI=1S/C10H12ClN3O/c1-4-15-9(8(6-12)7-13)5-10(11)14(2)3/h5H,4H2,1-3H3/b10-5+. The van der Waals surface area contributed by atoms with Gasteiger partial charge in [0.25, 0.3) is 0 Å². The lowest BCUT2D eigenvalue weighted by Gasteiger charge is -2.11. The first-order valence-corrected chi connectivity index (χ1v) is 4.66. The Balaban J connectivity index is 5.19. The van der Waals surface area contributed by atoms with Gasteiger partial charge in [-0.15, -0.1) is 0 Å². The van der Waals surface area contributed by atoms with Gasteiger partial charge in [0.05, 0.1) is 6.61 Å². The van der Waals surface area contributed by atoms with E-state index in [-0.39, 0.29) is 11.3 Å². The summed E-state index contributed by atoms with van der Waals surface area (Å²) in [4.78, 5) is 1.65. The molecule has 80 valence electrons. The van der Waals surface area contributed by atoms with Crippen LogP contribution in [0, 0.1) is 22.7 Å². The summed E-state index contributed by atoms with van der Waals surface area (Å²) in [5.41, 5.74) is -0.0862. The zero-order valence-electron chi connectivity index (χ0n) is 8.91. The van der Waals surface area contributed by atoms with Crippen LogP contribution in [0.2, 0.25) is 0 Å². The maximum atomic E-state index is 8.68. The van der Waals surface area contributed by atoms with Gasteiger partial charge in [-0.3, -0.25) is 0 Å². The minimum atomic E-state index is -0.0862. The summed E-state index contributed by atoms with van der Waals surface area (Å²) >= 11 is 5.86. The minimum Gasteiger partial charge on any atom is -0.492 e. The summed E-state index contributed by atoms with van der Waals surface area (Å²) in [6, 6.07) is 3.51. The third-order valence-corrected chi connectivity index (χ3v) is 1.89. The lowest BCUT2D eigenvalue weighted by atomic mass is 10.2. The number of hydrogen-bond donors (Lipinski definition) is 0. The molecule has 0 saturated carbocycles. The molecule has 0 aromatic carbocycles. The van der Waals surface area contributed by atoms with Gasteiger partial charge in [-0.1, -0.05) is 11.6 Å². The van der Waals surface area contributed by atoms with E-state index in [1.54, 1.807) is 38.1 Å². The topological polar surface area (TPSA) is 60.0 Å². The maximum absolute atomic E-state index is 8.68. The fraction of sp³-hybridized carbons (Fsp3) is 0.400. The van der Waals surface area contributed by atoms with Crippen LogP contribution in [-0.4, -0.2) is 25.6 Å². The number of nitrogens with zero attached hydrogens (tertiary/aromatic N) is 3. The molecule has 0 saturated heterocycles. The maximum Gasteiger partial charge on any atom is 0.171 e. The van der Waals surface area contributed by atoms with Gasteiger partial charge in [0, 0.05) is 20.2 Å². The Labute approximate surface area is 94.6 Å². The average Bonchev–Trinajstić information content (AvgIpc) is 2.19. The Hall–Kier alpha value is -1.65. The summed E-state index contributed by atoms with van der Waals surface area (Å²) in [5, 5.41) is 17.7. The highest BCUT2D eigenvalue weighted by atomic mass is 35.5. The summed E-state index contributed by atoms with van der Waals surface area (Å²) in [5.74, 6) is 0.196. The zero-order valence-corrected chi connectivity index (χ0v) is 9.67. The number of hydrogen-bond acceptors (Lipinski definition) is 4. The van der Waals surface area contributed by atoms with E-state index in [2.05, 4.69) is 0 Å². The van der Waals surface area contributed by atoms with Crippen molar-refractivity contribution in [2.24, 2.45) is 0 Å². The van der Waals surface area contributed by atoms with Crippen LogP contribution in [0.3, 0.4) is 0 Å². The van der Waals surface area contributed by atoms with Crippen molar-refractivity contribution < 1.29 is 4.74 Å². The Bertz CT molecular complexity index is 342. The third kappa shape index (κ3) is 4.39. The van der Waals surface area contributed by atoms with Crippen molar-refractivity contribution in [2.45, 2.75) is 6.92 Å².